The van der Waals surface area contributed by atoms with Crippen molar-refractivity contribution in [1.29, 1.82) is 0 Å². The van der Waals surface area contributed by atoms with E-state index in [1.807, 2.05) is 6.33 Å². The Bertz CT molecular complexity index is 1400. The Kier molecular flexibility index (Phi) is 7.94. The van der Waals surface area contributed by atoms with Gasteiger partial charge in [-0.25, -0.2) is 13.4 Å². The van der Waals surface area contributed by atoms with Gasteiger partial charge in [-0.3, -0.25) is 4.72 Å². The fraction of sp³-hybridized carbons (Fsp3) is 0.296. The molecule has 0 unspecified atom stereocenters. The van der Waals surface area contributed by atoms with Crippen LogP contribution in [-0.4, -0.2) is 35.2 Å². The number of hydrogen-bond donors (Lipinski definition) is 3. The normalized spacial score (nSPS) is 13.0. The smallest absolute Gasteiger partial charge is 0.261 e. The van der Waals surface area contributed by atoms with E-state index in [2.05, 4.69) is 58.7 Å². The highest BCUT2D eigenvalue weighted by molar-refractivity contribution is 7.92. The number of rotatable bonds is 11. The minimum atomic E-state index is -3.69. The number of aliphatic hydroxyl groups excluding tert-OH is 1. The molecule has 0 saturated heterocycles. The second-order valence-electron chi connectivity index (χ2n) is 9.48. The van der Waals surface area contributed by atoms with E-state index in [4.69, 9.17) is 0 Å². The number of aromatic nitrogens is 2. The maximum atomic E-state index is 12.6. The van der Waals surface area contributed by atoms with E-state index < -0.39 is 16.1 Å². The highest BCUT2D eigenvalue weighted by Gasteiger charge is 2.20. The Labute approximate surface area is 216 Å². The molecule has 190 valence electrons. The summed E-state index contributed by atoms with van der Waals surface area (Å²) in [5.41, 5.74) is 1.80. The van der Waals surface area contributed by atoms with Crippen LogP contribution in [0.4, 0.5) is 5.69 Å². The number of benzene rings is 2. The Morgan fingerprint density at radius 1 is 1.08 bits per heavy atom. The van der Waals surface area contributed by atoms with E-state index in [-0.39, 0.29) is 10.4 Å². The maximum Gasteiger partial charge on any atom is 0.261 e. The first kappa shape index (κ1) is 26.1. The summed E-state index contributed by atoms with van der Waals surface area (Å²) in [6.07, 6.45) is 3.98. The van der Waals surface area contributed by atoms with Crippen LogP contribution in [0.2, 0.25) is 0 Å². The first-order valence-corrected chi connectivity index (χ1v) is 14.1. The maximum absolute atomic E-state index is 12.6. The number of hydrogen-bond acceptors (Lipinski definition) is 6. The van der Waals surface area contributed by atoms with Crippen molar-refractivity contribution >= 4 is 27.0 Å². The van der Waals surface area contributed by atoms with Crippen LogP contribution in [0.1, 0.15) is 36.8 Å². The molecule has 2 aromatic heterocycles. The van der Waals surface area contributed by atoms with Gasteiger partial charge in [0.25, 0.3) is 10.0 Å². The molecule has 3 N–H and O–H groups in total. The van der Waals surface area contributed by atoms with E-state index >= 15 is 0 Å². The van der Waals surface area contributed by atoms with Crippen LogP contribution in [0.5, 0.6) is 0 Å². The standard InChI is InChI=1S/C27H32N4O3S2/c1-20-12-13-26(35-20)24-18-31(19-28-24)15-14-27(2,3)29-17-25(32)21-8-7-9-22(16-21)30-36(33,34)23-10-5-4-6-11-23/h4-13,16,18-19,25,29-30,32H,14-15,17H2,1-3H3/t25-/m0/s1. The minimum Gasteiger partial charge on any atom is -0.387 e. The van der Waals surface area contributed by atoms with Gasteiger partial charge in [-0.1, -0.05) is 30.3 Å². The zero-order valence-corrected chi connectivity index (χ0v) is 22.3. The van der Waals surface area contributed by atoms with Gasteiger partial charge in [-0.2, -0.15) is 0 Å². The van der Waals surface area contributed by atoms with Gasteiger partial charge in [0.2, 0.25) is 0 Å². The third-order valence-corrected chi connectivity index (χ3v) is 8.39. The molecule has 0 aliphatic heterocycles. The summed E-state index contributed by atoms with van der Waals surface area (Å²) in [7, 11) is -3.69. The van der Waals surface area contributed by atoms with Crippen LogP contribution in [-0.2, 0) is 16.6 Å². The molecular weight excluding hydrogens is 492 g/mol. The Morgan fingerprint density at radius 3 is 2.58 bits per heavy atom. The number of aryl methyl sites for hydroxylation is 2. The number of aliphatic hydroxyl groups is 1. The van der Waals surface area contributed by atoms with E-state index in [1.54, 1.807) is 65.9 Å². The largest absolute Gasteiger partial charge is 0.387 e. The lowest BCUT2D eigenvalue weighted by Crippen LogP contribution is -2.42. The zero-order chi connectivity index (χ0) is 25.8. The summed E-state index contributed by atoms with van der Waals surface area (Å²) in [4.78, 5) is 7.15. The van der Waals surface area contributed by atoms with Crippen molar-refractivity contribution in [3.05, 3.63) is 89.7 Å². The lowest BCUT2D eigenvalue weighted by atomic mass is 9.99. The molecule has 4 rings (SSSR count). The molecule has 4 aromatic rings. The average molecular weight is 525 g/mol. The number of sulfonamides is 1. The summed E-state index contributed by atoms with van der Waals surface area (Å²) in [6.45, 7) is 7.43. The van der Waals surface area contributed by atoms with E-state index in [0.717, 1.165) is 18.7 Å². The fourth-order valence-electron chi connectivity index (χ4n) is 3.79. The first-order chi connectivity index (χ1) is 17.1. The van der Waals surface area contributed by atoms with Crippen molar-refractivity contribution in [3.8, 4) is 10.6 Å². The quantitative estimate of drug-likeness (QED) is 0.250. The van der Waals surface area contributed by atoms with Crippen LogP contribution >= 0.6 is 11.3 Å². The van der Waals surface area contributed by atoms with Gasteiger partial charge in [-0.15, -0.1) is 11.3 Å². The first-order valence-electron chi connectivity index (χ1n) is 11.8. The molecule has 0 amide bonds. The Morgan fingerprint density at radius 2 is 1.86 bits per heavy atom. The molecule has 0 saturated carbocycles. The summed E-state index contributed by atoms with van der Waals surface area (Å²) >= 11 is 1.74. The molecule has 36 heavy (non-hydrogen) atoms. The molecule has 2 aromatic carbocycles. The zero-order valence-electron chi connectivity index (χ0n) is 20.7. The topological polar surface area (TPSA) is 96.2 Å². The summed E-state index contributed by atoms with van der Waals surface area (Å²) in [5.74, 6) is 0. The van der Waals surface area contributed by atoms with E-state index in [9.17, 15) is 13.5 Å². The molecule has 0 aliphatic rings. The lowest BCUT2D eigenvalue weighted by Gasteiger charge is -2.28. The van der Waals surface area contributed by atoms with Gasteiger partial charge in [-0.05, 0) is 69.2 Å². The third kappa shape index (κ3) is 6.82. The fourth-order valence-corrected chi connectivity index (χ4v) is 5.69. The molecule has 2 heterocycles. The monoisotopic (exact) mass is 524 g/mol. The third-order valence-electron chi connectivity index (χ3n) is 5.97. The molecule has 0 spiro atoms. The molecule has 1 atom stereocenters. The predicted octanol–water partition coefficient (Wildman–Crippen LogP) is 5.21. The van der Waals surface area contributed by atoms with Crippen molar-refractivity contribution in [3.63, 3.8) is 0 Å². The minimum absolute atomic E-state index is 0.190. The van der Waals surface area contributed by atoms with Crippen LogP contribution < -0.4 is 10.0 Å². The van der Waals surface area contributed by atoms with Gasteiger partial charge in [0.15, 0.2) is 0 Å². The Balaban J connectivity index is 1.31. The van der Waals surface area contributed by atoms with Gasteiger partial charge in [0.1, 0.15) is 0 Å². The molecule has 0 fully saturated rings. The molecule has 0 radical (unpaired) electrons. The van der Waals surface area contributed by atoms with Gasteiger partial charge >= 0.3 is 0 Å². The van der Waals surface area contributed by atoms with Crippen LogP contribution in [0.25, 0.3) is 10.6 Å². The van der Waals surface area contributed by atoms with Crippen LogP contribution in [0.15, 0.2) is 84.1 Å². The SMILES string of the molecule is Cc1ccc(-c2cn(CCC(C)(C)NC[C@H](O)c3cccc(NS(=O)(=O)c4ccccc4)c3)cn2)s1. The van der Waals surface area contributed by atoms with Crippen molar-refractivity contribution in [1.82, 2.24) is 14.9 Å². The number of thiophene rings is 1. The second kappa shape index (κ2) is 11.0. The van der Waals surface area contributed by atoms with Gasteiger partial charge in [0.05, 0.1) is 27.9 Å². The van der Waals surface area contributed by atoms with Gasteiger partial charge in [0, 0.05) is 35.4 Å². The number of nitrogens with zero attached hydrogens (tertiary/aromatic N) is 2. The van der Waals surface area contributed by atoms with Crippen LogP contribution in [0.3, 0.4) is 0 Å². The predicted molar refractivity (Wildman–Crippen MR) is 146 cm³/mol. The summed E-state index contributed by atoms with van der Waals surface area (Å²) in [5, 5.41) is 14.2. The van der Waals surface area contributed by atoms with E-state index in [1.165, 1.54) is 9.75 Å². The molecule has 7 nitrogen and oxygen atoms in total. The van der Waals surface area contributed by atoms with Gasteiger partial charge < -0.3 is 15.0 Å². The van der Waals surface area contributed by atoms with Crippen LogP contribution in [0, 0.1) is 6.92 Å². The molecule has 9 heteroatoms. The summed E-state index contributed by atoms with van der Waals surface area (Å²) in [6, 6.07) is 19.3. The second-order valence-corrected chi connectivity index (χ2v) is 12.5. The number of nitrogens with one attached hydrogen (secondary N) is 2. The van der Waals surface area contributed by atoms with Crippen molar-refractivity contribution in [2.45, 2.75) is 50.3 Å². The highest BCUT2D eigenvalue weighted by atomic mass is 32.2. The number of anilines is 1. The number of imidazole rings is 1. The molecule has 0 aliphatic carbocycles. The highest BCUT2D eigenvalue weighted by Crippen LogP contribution is 2.26. The van der Waals surface area contributed by atoms with Crippen molar-refractivity contribution in [2.75, 3.05) is 11.3 Å². The van der Waals surface area contributed by atoms with E-state index in [0.29, 0.717) is 17.8 Å². The van der Waals surface area contributed by atoms with Crippen molar-refractivity contribution in [2.24, 2.45) is 0 Å². The molecule has 0 bridgehead atoms. The number of β-amino-alcohol motifs (C(OH)–C–C–N with tert-alkyl or cyclic N) is 1. The lowest BCUT2D eigenvalue weighted by molar-refractivity contribution is 0.158. The Hall–Kier alpha value is -2.98. The molecular formula is C27H32N4O3S2. The average Bonchev–Trinajstić information content (AvgIpc) is 3.51. The van der Waals surface area contributed by atoms with Crippen molar-refractivity contribution < 1.29 is 13.5 Å². The summed E-state index contributed by atoms with van der Waals surface area (Å²) < 4.78 is 29.9.